The van der Waals surface area contributed by atoms with Gasteiger partial charge < -0.3 is 15.7 Å². The highest BCUT2D eigenvalue weighted by molar-refractivity contribution is 7.10. The predicted octanol–water partition coefficient (Wildman–Crippen LogP) is 3.20. The number of hydrogen-bond acceptors (Lipinski definition) is 4. The zero-order valence-corrected chi connectivity index (χ0v) is 14.5. The lowest BCUT2D eigenvalue weighted by atomic mass is 10.1. The van der Waals surface area contributed by atoms with Crippen molar-refractivity contribution in [1.82, 2.24) is 10.6 Å². The van der Waals surface area contributed by atoms with Crippen LogP contribution in [-0.4, -0.2) is 24.2 Å². The minimum atomic E-state index is -1.03. The Morgan fingerprint density at radius 3 is 2.64 bits per heavy atom. The van der Waals surface area contributed by atoms with Crippen molar-refractivity contribution in [3.63, 3.8) is 0 Å². The molecular weight excluding hydrogens is 316 g/mol. The standard InChI is InChI=1S/C16H22N2O2S2/c1-12(9-13-5-3-7-21-13)10-17-15(19)18-11-16(2,20)14-6-4-8-22-14/h3-8,12,20H,9-11H2,1-2H3,(H2,17,18,19). The Bertz CT molecular complexity index is 565. The van der Waals surface area contributed by atoms with Crippen LogP contribution in [0.15, 0.2) is 35.0 Å². The van der Waals surface area contributed by atoms with Gasteiger partial charge in [0.25, 0.3) is 0 Å². The minimum absolute atomic E-state index is 0.193. The van der Waals surface area contributed by atoms with E-state index in [0.29, 0.717) is 12.5 Å². The summed E-state index contributed by atoms with van der Waals surface area (Å²) in [5.41, 5.74) is -1.03. The van der Waals surface area contributed by atoms with Gasteiger partial charge in [0.2, 0.25) is 0 Å². The van der Waals surface area contributed by atoms with Gasteiger partial charge in [0, 0.05) is 16.3 Å². The molecule has 2 aromatic rings. The van der Waals surface area contributed by atoms with Crippen LogP contribution in [-0.2, 0) is 12.0 Å². The normalized spacial score (nSPS) is 15.0. The lowest BCUT2D eigenvalue weighted by Gasteiger charge is -2.22. The highest BCUT2D eigenvalue weighted by atomic mass is 32.1. The Hall–Kier alpha value is -1.37. The first-order valence-electron chi connectivity index (χ1n) is 7.28. The van der Waals surface area contributed by atoms with E-state index in [1.165, 1.54) is 16.2 Å². The van der Waals surface area contributed by atoms with Crippen LogP contribution in [0.3, 0.4) is 0 Å². The van der Waals surface area contributed by atoms with Gasteiger partial charge in [-0.3, -0.25) is 0 Å². The molecule has 2 unspecified atom stereocenters. The third-order valence-corrected chi connectivity index (χ3v) is 5.41. The topological polar surface area (TPSA) is 61.4 Å². The maximum absolute atomic E-state index is 11.8. The van der Waals surface area contributed by atoms with Crippen molar-refractivity contribution in [2.75, 3.05) is 13.1 Å². The monoisotopic (exact) mass is 338 g/mol. The van der Waals surface area contributed by atoms with Crippen molar-refractivity contribution in [3.05, 3.63) is 44.8 Å². The molecule has 2 heterocycles. The molecule has 0 aliphatic rings. The third-order valence-electron chi connectivity index (χ3n) is 3.39. The highest BCUT2D eigenvalue weighted by Crippen LogP contribution is 2.24. The minimum Gasteiger partial charge on any atom is -0.383 e. The molecule has 22 heavy (non-hydrogen) atoms. The summed E-state index contributed by atoms with van der Waals surface area (Å²) in [6.45, 7) is 4.63. The quantitative estimate of drug-likeness (QED) is 0.726. The summed E-state index contributed by atoms with van der Waals surface area (Å²) in [5, 5.41) is 19.9. The predicted molar refractivity (Wildman–Crippen MR) is 92.5 cm³/mol. The summed E-state index contributed by atoms with van der Waals surface area (Å²) in [5.74, 6) is 0.377. The van der Waals surface area contributed by atoms with Crippen LogP contribution < -0.4 is 10.6 Å². The average molecular weight is 338 g/mol. The molecule has 0 saturated carbocycles. The van der Waals surface area contributed by atoms with Crippen LogP contribution in [0, 0.1) is 5.92 Å². The maximum atomic E-state index is 11.8. The SMILES string of the molecule is CC(CNC(=O)NCC(C)(O)c1cccs1)Cc1cccs1. The van der Waals surface area contributed by atoms with E-state index in [0.717, 1.165) is 11.3 Å². The van der Waals surface area contributed by atoms with Gasteiger partial charge in [0.1, 0.15) is 5.60 Å². The van der Waals surface area contributed by atoms with E-state index >= 15 is 0 Å². The van der Waals surface area contributed by atoms with E-state index in [-0.39, 0.29) is 12.6 Å². The Morgan fingerprint density at radius 1 is 1.27 bits per heavy atom. The van der Waals surface area contributed by atoms with Gasteiger partial charge in [-0.1, -0.05) is 19.1 Å². The van der Waals surface area contributed by atoms with Crippen LogP contribution in [0.5, 0.6) is 0 Å². The van der Waals surface area contributed by atoms with Crippen LogP contribution in [0.25, 0.3) is 0 Å². The summed E-state index contributed by atoms with van der Waals surface area (Å²) in [6, 6.07) is 7.67. The second-order valence-corrected chi connectivity index (χ2v) is 7.68. The molecule has 0 aliphatic heterocycles. The van der Waals surface area contributed by atoms with Gasteiger partial charge >= 0.3 is 6.03 Å². The summed E-state index contributed by atoms with van der Waals surface area (Å²) >= 11 is 3.22. The molecule has 0 spiro atoms. The second-order valence-electron chi connectivity index (χ2n) is 5.70. The van der Waals surface area contributed by atoms with Crippen LogP contribution in [0.2, 0.25) is 0 Å². The van der Waals surface area contributed by atoms with E-state index in [4.69, 9.17) is 0 Å². The number of nitrogens with one attached hydrogen (secondary N) is 2. The molecule has 0 aliphatic carbocycles. The number of hydrogen-bond donors (Lipinski definition) is 3. The Kier molecular flexibility index (Phi) is 5.99. The second kappa shape index (κ2) is 7.76. The number of carbonyl (C=O) groups is 1. The first-order valence-corrected chi connectivity index (χ1v) is 9.04. The molecule has 2 aromatic heterocycles. The Labute approximate surface area is 139 Å². The lowest BCUT2D eigenvalue weighted by molar-refractivity contribution is 0.0631. The Balaban J connectivity index is 1.69. The average Bonchev–Trinajstić information content (AvgIpc) is 3.16. The first-order chi connectivity index (χ1) is 10.5. The summed E-state index contributed by atoms with van der Waals surface area (Å²) in [6.07, 6.45) is 0.963. The number of thiophene rings is 2. The maximum Gasteiger partial charge on any atom is 0.314 e. The summed E-state index contributed by atoms with van der Waals surface area (Å²) in [4.78, 5) is 14.0. The molecule has 3 N–H and O–H groups in total. The summed E-state index contributed by atoms with van der Waals surface area (Å²) in [7, 11) is 0. The molecule has 0 radical (unpaired) electrons. The van der Waals surface area contributed by atoms with E-state index < -0.39 is 5.60 Å². The molecular formula is C16H22N2O2S2. The highest BCUT2D eigenvalue weighted by Gasteiger charge is 2.24. The lowest BCUT2D eigenvalue weighted by Crippen LogP contribution is -2.44. The molecule has 2 rings (SSSR count). The summed E-state index contributed by atoms with van der Waals surface area (Å²) < 4.78 is 0. The van der Waals surface area contributed by atoms with E-state index in [2.05, 4.69) is 29.0 Å². The van der Waals surface area contributed by atoms with E-state index in [9.17, 15) is 9.90 Å². The molecule has 2 amide bonds. The third kappa shape index (κ3) is 5.12. The van der Waals surface area contributed by atoms with Gasteiger partial charge in [-0.05, 0) is 42.2 Å². The fourth-order valence-electron chi connectivity index (χ4n) is 2.10. The molecule has 0 saturated heterocycles. The zero-order valence-electron chi connectivity index (χ0n) is 12.8. The number of aliphatic hydroxyl groups is 1. The van der Waals surface area contributed by atoms with Crippen molar-refractivity contribution >= 4 is 28.7 Å². The Morgan fingerprint density at radius 2 is 2.00 bits per heavy atom. The molecule has 2 atom stereocenters. The van der Waals surface area contributed by atoms with Gasteiger partial charge in [0.15, 0.2) is 0 Å². The number of rotatable bonds is 7. The molecule has 6 heteroatoms. The van der Waals surface area contributed by atoms with Crippen molar-refractivity contribution in [3.8, 4) is 0 Å². The number of urea groups is 1. The van der Waals surface area contributed by atoms with Crippen LogP contribution in [0.1, 0.15) is 23.6 Å². The zero-order chi connectivity index (χ0) is 16.0. The molecule has 0 bridgehead atoms. The smallest absolute Gasteiger partial charge is 0.314 e. The van der Waals surface area contributed by atoms with Gasteiger partial charge in [-0.25, -0.2) is 4.79 Å². The molecule has 0 fully saturated rings. The van der Waals surface area contributed by atoms with Crippen LogP contribution in [0.4, 0.5) is 4.79 Å². The number of carbonyl (C=O) groups excluding carboxylic acids is 1. The fourth-order valence-corrected chi connectivity index (χ4v) is 3.76. The van der Waals surface area contributed by atoms with Crippen LogP contribution >= 0.6 is 22.7 Å². The number of amides is 2. The first kappa shape index (κ1) is 17.0. The van der Waals surface area contributed by atoms with E-state index in [1.807, 2.05) is 23.6 Å². The van der Waals surface area contributed by atoms with E-state index in [1.54, 1.807) is 18.3 Å². The van der Waals surface area contributed by atoms with Crippen molar-refractivity contribution < 1.29 is 9.90 Å². The van der Waals surface area contributed by atoms with Crippen molar-refractivity contribution in [1.29, 1.82) is 0 Å². The van der Waals surface area contributed by atoms with Gasteiger partial charge in [-0.2, -0.15) is 0 Å². The largest absolute Gasteiger partial charge is 0.383 e. The molecule has 120 valence electrons. The molecule has 4 nitrogen and oxygen atoms in total. The molecule has 0 aromatic carbocycles. The van der Waals surface area contributed by atoms with Crippen molar-refractivity contribution in [2.24, 2.45) is 5.92 Å². The van der Waals surface area contributed by atoms with Gasteiger partial charge in [-0.15, -0.1) is 22.7 Å². The van der Waals surface area contributed by atoms with Gasteiger partial charge in [0.05, 0.1) is 6.54 Å². The fraction of sp³-hybridized carbons (Fsp3) is 0.438. The van der Waals surface area contributed by atoms with Crippen molar-refractivity contribution in [2.45, 2.75) is 25.9 Å².